The topological polar surface area (TPSA) is 77.3 Å². The predicted molar refractivity (Wildman–Crippen MR) is 191 cm³/mol. The maximum absolute atomic E-state index is 5.03. The third-order valence-corrected chi connectivity index (χ3v) is 8.15. The lowest BCUT2D eigenvalue weighted by atomic mass is 9.94. The number of aromatic nitrogens is 6. The molecule has 0 unspecified atom stereocenters. The molecule has 0 aliphatic heterocycles. The van der Waals surface area contributed by atoms with Crippen LogP contribution in [0.2, 0.25) is 0 Å². The molecule has 226 valence electrons. The molecule has 3 aromatic heterocycles. The van der Waals surface area contributed by atoms with Gasteiger partial charge in [-0.1, -0.05) is 115 Å². The Balaban J connectivity index is 1.28. The summed E-state index contributed by atoms with van der Waals surface area (Å²) in [5, 5.41) is 0. The van der Waals surface area contributed by atoms with Gasteiger partial charge in [-0.3, -0.25) is 4.98 Å². The van der Waals surface area contributed by atoms with E-state index in [1.807, 2.05) is 79.0 Å². The van der Waals surface area contributed by atoms with E-state index in [-0.39, 0.29) is 0 Å². The lowest BCUT2D eigenvalue weighted by Gasteiger charge is -2.13. The summed E-state index contributed by atoms with van der Waals surface area (Å²) < 4.78 is 0. The largest absolute Gasteiger partial charge is 0.264 e. The van der Waals surface area contributed by atoms with E-state index in [1.54, 1.807) is 18.6 Å². The molecule has 0 fully saturated rings. The Bertz CT molecular complexity index is 2130. The van der Waals surface area contributed by atoms with Crippen LogP contribution in [0.4, 0.5) is 0 Å². The van der Waals surface area contributed by atoms with E-state index < -0.39 is 0 Å². The highest BCUT2D eigenvalue weighted by Gasteiger charge is 2.15. The molecule has 0 amide bonds. The van der Waals surface area contributed by atoms with Crippen LogP contribution < -0.4 is 0 Å². The number of rotatable bonds is 7. The Labute approximate surface area is 278 Å². The van der Waals surface area contributed by atoms with E-state index in [0.29, 0.717) is 23.3 Å². The monoisotopic (exact) mass is 616 g/mol. The second-order valence-corrected chi connectivity index (χ2v) is 11.3. The number of pyridine rings is 1. The Morgan fingerprint density at radius 1 is 0.271 bits per heavy atom. The SMILES string of the molecule is c1ccc(-c2nc(-c3ccccc3)nc(-c3cc(-c4ccc(-c5cccnc5)cc4)cc(-c4ccc(-c5ncccn5)cc4)c3)n2)cc1. The van der Waals surface area contributed by atoms with Gasteiger partial charge in [-0.25, -0.2) is 24.9 Å². The van der Waals surface area contributed by atoms with Crippen molar-refractivity contribution in [2.45, 2.75) is 0 Å². The van der Waals surface area contributed by atoms with Gasteiger partial charge in [-0.2, -0.15) is 0 Å². The summed E-state index contributed by atoms with van der Waals surface area (Å²) in [6, 6.07) is 49.4. The van der Waals surface area contributed by atoms with Crippen molar-refractivity contribution in [3.63, 3.8) is 0 Å². The minimum Gasteiger partial charge on any atom is -0.264 e. The molecular formula is C42H28N6. The van der Waals surface area contributed by atoms with Crippen LogP contribution in [-0.4, -0.2) is 29.9 Å². The minimum absolute atomic E-state index is 0.604. The first kappa shape index (κ1) is 28.8. The highest BCUT2D eigenvalue weighted by Crippen LogP contribution is 2.34. The summed E-state index contributed by atoms with van der Waals surface area (Å²) in [4.78, 5) is 28.1. The highest BCUT2D eigenvalue weighted by molar-refractivity contribution is 5.81. The second-order valence-electron chi connectivity index (χ2n) is 11.3. The van der Waals surface area contributed by atoms with Crippen molar-refractivity contribution in [1.29, 1.82) is 0 Å². The fraction of sp³-hybridized carbons (Fsp3) is 0. The second kappa shape index (κ2) is 13.0. The molecule has 0 atom stereocenters. The van der Waals surface area contributed by atoms with Crippen LogP contribution in [0.25, 0.3) is 78.9 Å². The average molecular weight is 617 g/mol. The standard InChI is InChI=1S/C42H28N6/c1-3-9-32(10-4-1)40-46-41(33-11-5-2-6-12-33)48-42(47-40)38-26-36(30-16-14-29(15-17-30)35-13-7-22-43-28-35)25-37(27-38)31-18-20-34(21-19-31)39-44-23-8-24-45-39/h1-28H. The molecule has 0 bridgehead atoms. The van der Waals surface area contributed by atoms with Gasteiger partial charge < -0.3 is 0 Å². The van der Waals surface area contributed by atoms with Crippen LogP contribution in [0, 0.1) is 0 Å². The highest BCUT2D eigenvalue weighted by atomic mass is 15.0. The van der Waals surface area contributed by atoms with Crippen molar-refractivity contribution in [3.8, 4) is 78.9 Å². The Morgan fingerprint density at radius 2 is 0.688 bits per heavy atom. The summed E-state index contributed by atoms with van der Waals surface area (Å²) in [5.74, 6) is 2.55. The predicted octanol–water partition coefficient (Wildman–Crippen LogP) is 9.73. The lowest BCUT2D eigenvalue weighted by molar-refractivity contribution is 1.07. The molecular weight excluding hydrogens is 589 g/mol. The van der Waals surface area contributed by atoms with Gasteiger partial charge >= 0.3 is 0 Å². The first-order chi connectivity index (χ1) is 23.8. The van der Waals surface area contributed by atoms with Crippen molar-refractivity contribution in [2.75, 3.05) is 0 Å². The smallest absolute Gasteiger partial charge is 0.164 e. The van der Waals surface area contributed by atoms with Crippen LogP contribution in [0.1, 0.15) is 0 Å². The van der Waals surface area contributed by atoms with Crippen LogP contribution in [0.5, 0.6) is 0 Å². The summed E-state index contributed by atoms with van der Waals surface area (Å²) in [6.45, 7) is 0. The van der Waals surface area contributed by atoms with Gasteiger partial charge in [0, 0.05) is 47.0 Å². The normalized spacial score (nSPS) is 10.9. The van der Waals surface area contributed by atoms with Crippen LogP contribution in [0.15, 0.2) is 170 Å². The molecule has 3 heterocycles. The van der Waals surface area contributed by atoms with Crippen LogP contribution >= 0.6 is 0 Å². The summed E-state index contributed by atoms with van der Waals surface area (Å²) >= 11 is 0. The molecule has 0 N–H and O–H groups in total. The van der Waals surface area contributed by atoms with Crippen molar-refractivity contribution in [2.24, 2.45) is 0 Å². The van der Waals surface area contributed by atoms with Gasteiger partial charge in [-0.05, 0) is 63.7 Å². The maximum atomic E-state index is 5.03. The van der Waals surface area contributed by atoms with Gasteiger partial charge in [0.05, 0.1) is 0 Å². The first-order valence-electron chi connectivity index (χ1n) is 15.7. The lowest BCUT2D eigenvalue weighted by Crippen LogP contribution is -2.00. The fourth-order valence-electron chi connectivity index (χ4n) is 5.68. The molecule has 0 radical (unpaired) electrons. The van der Waals surface area contributed by atoms with Crippen molar-refractivity contribution in [3.05, 3.63) is 170 Å². The van der Waals surface area contributed by atoms with E-state index in [2.05, 4.69) is 87.7 Å². The number of benzene rings is 5. The molecule has 5 aromatic carbocycles. The summed E-state index contributed by atoms with van der Waals surface area (Å²) in [7, 11) is 0. The molecule has 8 rings (SSSR count). The van der Waals surface area contributed by atoms with Crippen molar-refractivity contribution < 1.29 is 0 Å². The zero-order valence-corrected chi connectivity index (χ0v) is 25.8. The third-order valence-electron chi connectivity index (χ3n) is 8.15. The molecule has 0 aliphatic rings. The van der Waals surface area contributed by atoms with E-state index in [4.69, 9.17) is 15.0 Å². The summed E-state index contributed by atoms with van der Waals surface area (Å²) in [5.41, 5.74) is 10.1. The van der Waals surface area contributed by atoms with E-state index in [1.165, 1.54) is 0 Å². The average Bonchev–Trinajstić information content (AvgIpc) is 3.19. The number of hydrogen-bond donors (Lipinski definition) is 0. The zero-order valence-electron chi connectivity index (χ0n) is 25.8. The third kappa shape index (κ3) is 6.10. The van der Waals surface area contributed by atoms with Crippen molar-refractivity contribution >= 4 is 0 Å². The van der Waals surface area contributed by atoms with Gasteiger partial charge in [0.1, 0.15) is 0 Å². The van der Waals surface area contributed by atoms with Gasteiger partial charge in [0.15, 0.2) is 23.3 Å². The molecule has 0 spiro atoms. The molecule has 6 nitrogen and oxygen atoms in total. The van der Waals surface area contributed by atoms with E-state index in [0.717, 1.165) is 55.6 Å². The summed E-state index contributed by atoms with van der Waals surface area (Å²) in [6.07, 6.45) is 7.19. The molecule has 8 aromatic rings. The molecule has 0 aliphatic carbocycles. The quantitative estimate of drug-likeness (QED) is 0.177. The number of hydrogen-bond acceptors (Lipinski definition) is 6. The Morgan fingerprint density at radius 3 is 1.19 bits per heavy atom. The fourth-order valence-corrected chi connectivity index (χ4v) is 5.68. The van der Waals surface area contributed by atoms with Crippen LogP contribution in [0.3, 0.4) is 0 Å². The molecule has 6 heteroatoms. The molecule has 0 saturated carbocycles. The van der Waals surface area contributed by atoms with Crippen molar-refractivity contribution in [1.82, 2.24) is 29.9 Å². The first-order valence-corrected chi connectivity index (χ1v) is 15.7. The van der Waals surface area contributed by atoms with E-state index in [9.17, 15) is 0 Å². The molecule has 48 heavy (non-hydrogen) atoms. The van der Waals surface area contributed by atoms with Gasteiger partial charge in [-0.15, -0.1) is 0 Å². The Kier molecular flexibility index (Phi) is 7.79. The number of nitrogens with zero attached hydrogens (tertiary/aromatic N) is 6. The Hall–Kier alpha value is -6.66. The maximum Gasteiger partial charge on any atom is 0.164 e. The zero-order chi connectivity index (χ0) is 32.1. The van der Waals surface area contributed by atoms with E-state index >= 15 is 0 Å². The van der Waals surface area contributed by atoms with Gasteiger partial charge in [0.2, 0.25) is 0 Å². The van der Waals surface area contributed by atoms with Gasteiger partial charge in [0.25, 0.3) is 0 Å². The minimum atomic E-state index is 0.604. The van der Waals surface area contributed by atoms with Crippen LogP contribution in [-0.2, 0) is 0 Å². The molecule has 0 saturated heterocycles.